The van der Waals surface area contributed by atoms with E-state index in [9.17, 15) is 14.4 Å². The fourth-order valence-corrected chi connectivity index (χ4v) is 2.51. The minimum absolute atomic E-state index is 0.314. The molecule has 2 heterocycles. The zero-order chi connectivity index (χ0) is 16.4. The summed E-state index contributed by atoms with van der Waals surface area (Å²) < 4.78 is 0. The number of hydrogen-bond donors (Lipinski definition) is 1. The molecular weight excluding hydrogens is 294 g/mol. The standard InChI is InChI=1S/C17H15N3O3/c1-11(15(21)19-10-12-6-8-18-9-7-12)20-16(22)13-4-2-3-5-14(13)17(20)23/h2-9,11H,10H2,1H3,(H,19,21). The Kier molecular flexibility index (Phi) is 3.89. The number of amides is 3. The number of rotatable bonds is 4. The average molecular weight is 309 g/mol. The molecule has 1 N–H and O–H groups in total. The van der Waals surface area contributed by atoms with Crippen molar-refractivity contribution in [1.29, 1.82) is 0 Å². The molecule has 1 aromatic carbocycles. The van der Waals surface area contributed by atoms with Crippen LogP contribution in [0.15, 0.2) is 48.8 Å². The summed E-state index contributed by atoms with van der Waals surface area (Å²) in [4.78, 5) is 41.9. The average Bonchev–Trinajstić information content (AvgIpc) is 2.84. The fraction of sp³-hybridized carbons (Fsp3) is 0.176. The maximum absolute atomic E-state index is 12.3. The fourth-order valence-electron chi connectivity index (χ4n) is 2.51. The molecule has 3 rings (SSSR count). The number of pyridine rings is 1. The summed E-state index contributed by atoms with van der Waals surface area (Å²) in [7, 11) is 0. The molecular formula is C17H15N3O3. The predicted octanol–water partition coefficient (Wildman–Crippen LogP) is 1.38. The van der Waals surface area contributed by atoms with Crippen LogP contribution in [0.2, 0.25) is 0 Å². The van der Waals surface area contributed by atoms with Gasteiger partial charge in [-0.3, -0.25) is 24.3 Å². The van der Waals surface area contributed by atoms with Gasteiger partial charge < -0.3 is 5.32 Å². The number of nitrogens with zero attached hydrogens (tertiary/aromatic N) is 2. The number of nitrogens with one attached hydrogen (secondary N) is 1. The lowest BCUT2D eigenvalue weighted by atomic mass is 10.1. The largest absolute Gasteiger partial charge is 0.350 e. The van der Waals surface area contributed by atoms with Crippen LogP contribution in [0, 0.1) is 0 Å². The van der Waals surface area contributed by atoms with Crippen LogP contribution in [0.5, 0.6) is 0 Å². The van der Waals surface area contributed by atoms with Crippen LogP contribution in [0.25, 0.3) is 0 Å². The molecule has 0 spiro atoms. The second-order valence-electron chi connectivity index (χ2n) is 5.28. The van der Waals surface area contributed by atoms with Crippen LogP contribution in [-0.2, 0) is 11.3 Å². The van der Waals surface area contributed by atoms with Gasteiger partial charge in [-0.25, -0.2) is 0 Å². The van der Waals surface area contributed by atoms with E-state index in [1.165, 1.54) is 0 Å². The lowest BCUT2D eigenvalue weighted by Gasteiger charge is -2.21. The van der Waals surface area contributed by atoms with Crippen molar-refractivity contribution in [3.8, 4) is 0 Å². The Balaban J connectivity index is 1.71. The SMILES string of the molecule is CC(C(=O)NCc1ccncc1)N1C(=O)c2ccccc2C1=O. The normalized spacial score (nSPS) is 14.6. The minimum Gasteiger partial charge on any atom is -0.350 e. The summed E-state index contributed by atoms with van der Waals surface area (Å²) in [6.45, 7) is 1.86. The first-order valence-corrected chi connectivity index (χ1v) is 7.23. The van der Waals surface area contributed by atoms with Crippen molar-refractivity contribution < 1.29 is 14.4 Å². The molecule has 0 saturated heterocycles. The van der Waals surface area contributed by atoms with E-state index in [-0.39, 0.29) is 5.91 Å². The number of carbonyl (C=O) groups excluding carboxylic acids is 3. The van der Waals surface area contributed by atoms with Crippen molar-refractivity contribution in [3.05, 3.63) is 65.5 Å². The van der Waals surface area contributed by atoms with Crippen LogP contribution in [0.3, 0.4) is 0 Å². The van der Waals surface area contributed by atoms with Crippen molar-refractivity contribution in [3.63, 3.8) is 0 Å². The number of hydrogen-bond acceptors (Lipinski definition) is 4. The molecule has 1 aliphatic rings. The highest BCUT2D eigenvalue weighted by Gasteiger charge is 2.40. The van der Waals surface area contributed by atoms with E-state index in [1.807, 2.05) is 0 Å². The number of imide groups is 1. The Bertz CT molecular complexity index is 739. The van der Waals surface area contributed by atoms with Crippen LogP contribution in [0.4, 0.5) is 0 Å². The highest BCUT2D eigenvalue weighted by atomic mass is 16.2. The Morgan fingerprint density at radius 3 is 2.22 bits per heavy atom. The highest BCUT2D eigenvalue weighted by molar-refractivity contribution is 6.22. The van der Waals surface area contributed by atoms with E-state index >= 15 is 0 Å². The van der Waals surface area contributed by atoms with Gasteiger partial charge in [0.15, 0.2) is 0 Å². The third kappa shape index (κ3) is 2.70. The molecule has 0 bridgehead atoms. The Hall–Kier alpha value is -3.02. The van der Waals surface area contributed by atoms with E-state index < -0.39 is 17.9 Å². The molecule has 1 aliphatic heterocycles. The van der Waals surface area contributed by atoms with Crippen molar-refractivity contribution in [2.24, 2.45) is 0 Å². The summed E-state index contributed by atoms with van der Waals surface area (Å²) in [5, 5.41) is 2.73. The van der Waals surface area contributed by atoms with Gasteiger partial charge in [-0.15, -0.1) is 0 Å². The van der Waals surface area contributed by atoms with Crippen LogP contribution in [-0.4, -0.2) is 33.6 Å². The Morgan fingerprint density at radius 2 is 1.65 bits per heavy atom. The lowest BCUT2D eigenvalue weighted by molar-refractivity contribution is -0.124. The monoisotopic (exact) mass is 309 g/mol. The summed E-state index contributed by atoms with van der Waals surface area (Å²) in [5.74, 6) is -1.24. The first-order valence-electron chi connectivity index (χ1n) is 7.23. The molecule has 6 heteroatoms. The van der Waals surface area contributed by atoms with Gasteiger partial charge in [0.1, 0.15) is 6.04 Å². The Morgan fingerprint density at radius 1 is 1.09 bits per heavy atom. The Labute approximate surface area is 133 Å². The molecule has 0 radical (unpaired) electrons. The van der Waals surface area contributed by atoms with Gasteiger partial charge in [0, 0.05) is 18.9 Å². The quantitative estimate of drug-likeness (QED) is 0.865. The molecule has 6 nitrogen and oxygen atoms in total. The second-order valence-corrected chi connectivity index (χ2v) is 5.28. The van der Waals surface area contributed by atoms with Gasteiger partial charge in [0.2, 0.25) is 5.91 Å². The minimum atomic E-state index is -0.871. The molecule has 0 fully saturated rings. The van der Waals surface area contributed by atoms with E-state index in [2.05, 4.69) is 10.3 Å². The first kappa shape index (κ1) is 14.9. The second kappa shape index (κ2) is 6.00. The number of benzene rings is 1. The summed E-state index contributed by atoms with van der Waals surface area (Å²) >= 11 is 0. The van der Waals surface area contributed by atoms with Gasteiger partial charge in [0.05, 0.1) is 11.1 Å². The van der Waals surface area contributed by atoms with Crippen LogP contribution < -0.4 is 5.32 Å². The van der Waals surface area contributed by atoms with Crippen LogP contribution >= 0.6 is 0 Å². The molecule has 1 unspecified atom stereocenters. The number of carbonyl (C=O) groups is 3. The molecule has 1 aromatic heterocycles. The molecule has 3 amide bonds. The van der Waals surface area contributed by atoms with Crippen molar-refractivity contribution in [2.45, 2.75) is 19.5 Å². The zero-order valence-corrected chi connectivity index (χ0v) is 12.5. The van der Waals surface area contributed by atoms with E-state index in [0.29, 0.717) is 17.7 Å². The van der Waals surface area contributed by atoms with Gasteiger partial charge >= 0.3 is 0 Å². The third-order valence-electron chi connectivity index (χ3n) is 3.81. The van der Waals surface area contributed by atoms with Gasteiger partial charge in [0.25, 0.3) is 11.8 Å². The van der Waals surface area contributed by atoms with Gasteiger partial charge in [-0.1, -0.05) is 12.1 Å². The molecule has 23 heavy (non-hydrogen) atoms. The molecule has 1 atom stereocenters. The number of aromatic nitrogens is 1. The van der Waals surface area contributed by atoms with Gasteiger partial charge in [-0.2, -0.15) is 0 Å². The maximum Gasteiger partial charge on any atom is 0.262 e. The predicted molar refractivity (Wildman–Crippen MR) is 82.5 cm³/mol. The highest BCUT2D eigenvalue weighted by Crippen LogP contribution is 2.24. The summed E-state index contributed by atoms with van der Waals surface area (Å²) in [5.41, 5.74) is 1.57. The molecule has 2 aromatic rings. The van der Waals surface area contributed by atoms with Crippen LogP contribution in [0.1, 0.15) is 33.2 Å². The van der Waals surface area contributed by atoms with E-state index in [0.717, 1.165) is 10.5 Å². The molecule has 116 valence electrons. The first-order chi connectivity index (χ1) is 11.1. The van der Waals surface area contributed by atoms with E-state index in [4.69, 9.17) is 0 Å². The number of fused-ring (bicyclic) bond motifs is 1. The van der Waals surface area contributed by atoms with Crippen molar-refractivity contribution in [2.75, 3.05) is 0 Å². The van der Waals surface area contributed by atoms with E-state index in [1.54, 1.807) is 55.7 Å². The lowest BCUT2D eigenvalue weighted by Crippen LogP contribution is -2.47. The summed E-state index contributed by atoms with van der Waals surface area (Å²) in [6.07, 6.45) is 3.27. The van der Waals surface area contributed by atoms with Gasteiger partial charge in [-0.05, 0) is 36.8 Å². The smallest absolute Gasteiger partial charge is 0.262 e. The van der Waals surface area contributed by atoms with Crippen molar-refractivity contribution >= 4 is 17.7 Å². The van der Waals surface area contributed by atoms with Crippen molar-refractivity contribution in [1.82, 2.24) is 15.2 Å². The molecule has 0 saturated carbocycles. The maximum atomic E-state index is 12.3. The third-order valence-corrected chi connectivity index (χ3v) is 3.81. The summed E-state index contributed by atoms with van der Waals surface area (Å²) in [6, 6.07) is 9.28. The zero-order valence-electron chi connectivity index (χ0n) is 12.5. The topological polar surface area (TPSA) is 79.4 Å². The molecule has 0 aliphatic carbocycles.